The van der Waals surface area contributed by atoms with Crippen LogP contribution in [0.15, 0.2) is 54.6 Å². The molecule has 2 aromatic rings. The molecule has 3 aliphatic heterocycles. The topological polar surface area (TPSA) is 157 Å². The maximum absolute atomic E-state index is 10.2. The predicted molar refractivity (Wildman–Crippen MR) is 153 cm³/mol. The summed E-state index contributed by atoms with van der Waals surface area (Å²) in [5, 5.41) is 28.4. The number of nitrogens with two attached hydrogens (primary N) is 2. The highest BCUT2D eigenvalue weighted by Crippen LogP contribution is 2.51. The minimum absolute atomic E-state index is 0.0227. The summed E-state index contributed by atoms with van der Waals surface area (Å²) in [5.41, 5.74) is 6.28. The molecule has 3 aliphatic rings. The van der Waals surface area contributed by atoms with Crippen molar-refractivity contribution in [2.24, 2.45) is 11.1 Å². The van der Waals surface area contributed by atoms with E-state index in [1.165, 1.54) is 0 Å². The van der Waals surface area contributed by atoms with Crippen LogP contribution in [0.25, 0.3) is 5.41 Å². The Balaban J connectivity index is 0.000000271. The molecule has 12 heteroatoms. The third-order valence-corrected chi connectivity index (χ3v) is 6.92. The van der Waals surface area contributed by atoms with Crippen molar-refractivity contribution in [3.05, 3.63) is 71.2 Å². The van der Waals surface area contributed by atoms with E-state index >= 15 is 0 Å². The van der Waals surface area contributed by atoms with Gasteiger partial charge in [0.1, 0.15) is 10.4 Å². The first-order chi connectivity index (χ1) is 18.6. The van der Waals surface area contributed by atoms with Crippen molar-refractivity contribution in [1.82, 2.24) is 20.6 Å². The van der Waals surface area contributed by atoms with Gasteiger partial charge in [0.15, 0.2) is 0 Å². The van der Waals surface area contributed by atoms with Crippen LogP contribution < -0.4 is 21.7 Å². The molecule has 3 atom stereocenters. The first-order valence-corrected chi connectivity index (χ1v) is 13.1. The Hall–Kier alpha value is -3.14. The zero-order valence-electron chi connectivity index (χ0n) is 21.0. The Kier molecular flexibility index (Phi) is 11.9. The molecule has 6 N–H and O–H groups in total. The van der Waals surface area contributed by atoms with E-state index < -0.39 is 17.4 Å². The normalized spacial score (nSPS) is 24.6. The number of nitrogens with one attached hydrogen (secondary N) is 2. The highest BCUT2D eigenvalue weighted by molar-refractivity contribution is 7.81. The Morgan fingerprint density at radius 3 is 2.05 bits per heavy atom. The van der Waals surface area contributed by atoms with Crippen LogP contribution in [-0.4, -0.2) is 78.4 Å². The molecule has 0 spiro atoms. The van der Waals surface area contributed by atoms with E-state index in [0.717, 1.165) is 52.6 Å². The molecule has 5 heterocycles. The number of aromatic nitrogens is 2. The van der Waals surface area contributed by atoms with E-state index in [2.05, 4.69) is 37.9 Å². The van der Waals surface area contributed by atoms with E-state index in [0.29, 0.717) is 11.1 Å². The maximum atomic E-state index is 10.2. The number of hydrogen-bond donors (Lipinski definition) is 4. The quantitative estimate of drug-likeness (QED) is 0.238. The van der Waals surface area contributed by atoms with Crippen molar-refractivity contribution in [2.45, 2.75) is 12.0 Å². The van der Waals surface area contributed by atoms with Crippen LogP contribution in [0.5, 0.6) is 0 Å². The van der Waals surface area contributed by atoms with Gasteiger partial charge in [-0.25, -0.2) is 0 Å². The molecule has 5 rings (SSSR count). The van der Waals surface area contributed by atoms with Gasteiger partial charge in [0, 0.05) is 49.4 Å². The van der Waals surface area contributed by atoms with Crippen LogP contribution in [0, 0.1) is 16.7 Å². The third-order valence-electron chi connectivity index (χ3n) is 6.25. The van der Waals surface area contributed by atoms with Crippen molar-refractivity contribution in [1.29, 1.82) is 5.26 Å². The van der Waals surface area contributed by atoms with Gasteiger partial charge in [-0.3, -0.25) is 15.8 Å². The highest BCUT2D eigenvalue weighted by atomic mass is 32.1. The maximum Gasteiger partial charge on any atom is 0.143 e. The van der Waals surface area contributed by atoms with Gasteiger partial charge in [0.05, 0.1) is 56.6 Å². The lowest BCUT2D eigenvalue weighted by Gasteiger charge is -2.46. The molecule has 3 fully saturated rings. The molecule has 0 aromatic carbocycles. The third kappa shape index (κ3) is 7.24. The molecular weight excluding hydrogens is 520 g/mol. The van der Waals surface area contributed by atoms with Crippen LogP contribution in [0.4, 0.5) is 0 Å². The largest absolute Gasteiger partial charge is 0.763 e. The fraction of sp³-hybridized carbons (Fsp3) is 0.423. The lowest BCUT2D eigenvalue weighted by atomic mass is 9.62. The van der Waals surface area contributed by atoms with E-state index in [4.69, 9.17) is 39.6 Å². The minimum Gasteiger partial charge on any atom is -0.763 e. The molecule has 0 saturated carbocycles. The summed E-state index contributed by atoms with van der Waals surface area (Å²) >= 11 is 10.7. The van der Waals surface area contributed by atoms with Crippen molar-refractivity contribution in [2.75, 3.05) is 52.6 Å². The lowest BCUT2D eigenvalue weighted by molar-refractivity contribution is -0.670. The van der Waals surface area contributed by atoms with E-state index in [1.807, 2.05) is 6.07 Å². The number of nitriles is 1. The molecular formula is C26H32N8O2S2. The summed E-state index contributed by atoms with van der Waals surface area (Å²) in [6.45, 7) is 8.03. The Morgan fingerprint density at radius 2 is 1.68 bits per heavy atom. The van der Waals surface area contributed by atoms with Crippen LogP contribution >= 0.6 is 24.4 Å². The van der Waals surface area contributed by atoms with E-state index in [9.17, 15) is 10.7 Å². The van der Waals surface area contributed by atoms with Crippen LogP contribution in [0.2, 0.25) is 0 Å². The summed E-state index contributed by atoms with van der Waals surface area (Å²) in [6.07, 6.45) is 6.47. The van der Waals surface area contributed by atoms with Crippen LogP contribution in [0.1, 0.15) is 23.1 Å². The Morgan fingerprint density at radius 1 is 1.08 bits per heavy atom. The molecule has 200 valence electrons. The second-order valence-electron chi connectivity index (χ2n) is 8.62. The summed E-state index contributed by atoms with van der Waals surface area (Å²) < 4.78 is 10.0. The van der Waals surface area contributed by atoms with Gasteiger partial charge in [-0.05, 0) is 23.3 Å². The van der Waals surface area contributed by atoms with Gasteiger partial charge < -0.3 is 36.6 Å². The van der Waals surface area contributed by atoms with E-state index in [-0.39, 0.29) is 15.6 Å². The van der Waals surface area contributed by atoms with E-state index in [1.54, 1.807) is 43.0 Å². The Labute approximate surface area is 233 Å². The predicted octanol–water partition coefficient (Wildman–Crippen LogP) is 0.380. The number of ether oxygens (including phenoxy) is 2. The Bertz CT molecular complexity index is 1110. The number of hydrogen-bond acceptors (Lipinski definition) is 8. The summed E-state index contributed by atoms with van der Waals surface area (Å²) in [4.78, 5) is 8.48. The van der Waals surface area contributed by atoms with Gasteiger partial charge in [0.2, 0.25) is 0 Å². The van der Waals surface area contributed by atoms with Gasteiger partial charge >= 0.3 is 0 Å². The van der Waals surface area contributed by atoms with Gasteiger partial charge in [-0.15, -0.1) is 0 Å². The molecule has 0 radical (unpaired) electrons. The molecule has 2 aromatic heterocycles. The van der Waals surface area contributed by atoms with Crippen LogP contribution in [0.3, 0.4) is 0 Å². The molecule has 0 amide bonds. The highest BCUT2D eigenvalue weighted by Gasteiger charge is 2.55. The second-order valence-corrected chi connectivity index (χ2v) is 9.47. The summed E-state index contributed by atoms with van der Waals surface area (Å²) in [5.74, 6) is 1.39. The van der Waals surface area contributed by atoms with Crippen molar-refractivity contribution in [3.8, 4) is 6.07 Å². The number of morpholine rings is 2. The smallest absolute Gasteiger partial charge is 0.143 e. The zero-order valence-corrected chi connectivity index (χ0v) is 22.6. The first-order valence-electron chi connectivity index (χ1n) is 12.3. The lowest BCUT2D eigenvalue weighted by Crippen LogP contribution is -2.87. The monoisotopic (exact) mass is 552 g/mol. The SMILES string of the molecule is C1COCCN1.C1COCC[NH2+]1.N#CC1(C(N)=S)C(c2cccnc2)NC(=S)C(=C=[N-])C1c1cccnc1. The van der Waals surface area contributed by atoms with Gasteiger partial charge in [-0.2, -0.15) is 5.26 Å². The van der Waals surface area contributed by atoms with Crippen molar-refractivity contribution < 1.29 is 14.8 Å². The van der Waals surface area contributed by atoms with Crippen molar-refractivity contribution >= 4 is 40.3 Å². The zero-order chi connectivity index (χ0) is 27.2. The first kappa shape index (κ1) is 29.4. The standard InChI is InChI=1S/C18H13N6S2.2C4H9NO/c19-7-13-14(11-3-1-5-22-8-11)18(10-20,17(21)26)15(24-16(13)25)12-4-2-6-23-9-12;2*1-3-6-4-2-5-1/h1-6,8-9,14-15H,(H2,21,26)(H,24,25);2*5H,1-4H2/q-1;;/p+1. The number of nitrogens with zero attached hydrogens (tertiary/aromatic N) is 4. The molecule has 3 saturated heterocycles. The number of thiocarbonyl (C=S) groups is 2. The average molecular weight is 553 g/mol. The second kappa shape index (κ2) is 15.3. The number of quaternary nitrogens is 1. The molecule has 38 heavy (non-hydrogen) atoms. The number of rotatable bonds is 3. The number of pyridine rings is 2. The van der Waals surface area contributed by atoms with Gasteiger partial charge in [0.25, 0.3) is 0 Å². The number of piperidine rings is 1. The summed E-state index contributed by atoms with van der Waals surface area (Å²) in [7, 11) is 0. The van der Waals surface area contributed by atoms with Crippen LogP contribution in [-0.2, 0) is 9.47 Å². The molecule has 0 bridgehead atoms. The average Bonchev–Trinajstić information content (AvgIpc) is 3.00. The molecule has 0 aliphatic carbocycles. The fourth-order valence-corrected chi connectivity index (χ4v) is 4.96. The van der Waals surface area contributed by atoms with Crippen molar-refractivity contribution in [3.63, 3.8) is 0 Å². The minimum atomic E-state index is -1.41. The van der Waals surface area contributed by atoms with Gasteiger partial charge in [-0.1, -0.05) is 36.6 Å². The molecule has 10 nitrogen and oxygen atoms in total. The summed E-state index contributed by atoms with van der Waals surface area (Å²) in [6, 6.07) is 8.72. The fourth-order valence-electron chi connectivity index (χ4n) is 4.40. The molecule has 3 unspecified atom stereocenters.